The maximum absolute atomic E-state index is 11.5. The summed E-state index contributed by atoms with van der Waals surface area (Å²) in [5, 5.41) is 2.61. The highest BCUT2D eigenvalue weighted by Gasteiger charge is 2.02. The zero-order valence-corrected chi connectivity index (χ0v) is 21.5. The molecule has 0 spiro atoms. The third-order valence-electron chi connectivity index (χ3n) is 4.31. The first kappa shape index (κ1) is 32.6. The van der Waals surface area contributed by atoms with Crippen LogP contribution >= 0.6 is 11.6 Å². The van der Waals surface area contributed by atoms with Crippen molar-refractivity contribution < 1.29 is 38.0 Å². The molecule has 0 radical (unpaired) electrons. The van der Waals surface area contributed by atoms with Gasteiger partial charge in [0.05, 0.1) is 39.6 Å². The Labute approximate surface area is 209 Å². The largest absolute Gasteiger partial charge is 0.461 e. The highest BCUT2D eigenvalue weighted by Crippen LogP contribution is 2.01. The molecule has 0 aromatic heterocycles. The molecule has 0 aromatic carbocycles. The number of halogens is 1. The lowest BCUT2D eigenvalue weighted by Gasteiger charge is -2.09. The Balaban J connectivity index is 3.24. The quantitative estimate of drug-likeness (QED) is 0.0856. The highest BCUT2D eigenvalue weighted by atomic mass is 35.5. The molecule has 1 amide bonds. The summed E-state index contributed by atoms with van der Waals surface area (Å²) in [6.45, 7) is 6.60. The van der Waals surface area contributed by atoms with Gasteiger partial charge in [-0.05, 0) is 25.7 Å². The van der Waals surface area contributed by atoms with Crippen LogP contribution in [0.15, 0.2) is 12.2 Å². The first-order valence-corrected chi connectivity index (χ1v) is 12.8. The van der Waals surface area contributed by atoms with Crippen molar-refractivity contribution >= 4 is 23.7 Å². The molecule has 0 aliphatic heterocycles. The van der Waals surface area contributed by atoms with Crippen molar-refractivity contribution in [2.45, 2.75) is 51.9 Å². The number of carbonyl (C=O) groups excluding carboxylic acids is 2. The molecule has 0 fully saturated rings. The van der Waals surface area contributed by atoms with Gasteiger partial charge in [-0.15, -0.1) is 11.6 Å². The zero-order chi connectivity index (χ0) is 25.0. The Kier molecular flexibility index (Phi) is 26.7. The highest BCUT2D eigenvalue weighted by molar-refractivity contribution is 6.17. The van der Waals surface area contributed by atoms with E-state index in [9.17, 15) is 9.59 Å². The molecular formula is C24H44ClNO8. The predicted octanol–water partition coefficient (Wildman–Crippen LogP) is 3.87. The molecule has 0 aromatic rings. The van der Waals surface area contributed by atoms with Gasteiger partial charge in [0.15, 0.2) is 0 Å². The van der Waals surface area contributed by atoms with E-state index >= 15 is 0 Å². The average Bonchev–Trinajstić information content (AvgIpc) is 2.83. The molecule has 0 aliphatic carbocycles. The van der Waals surface area contributed by atoms with Crippen molar-refractivity contribution in [3.63, 3.8) is 0 Å². The maximum Gasteiger partial charge on any atom is 0.407 e. The Bertz CT molecular complexity index is 494. The second kappa shape index (κ2) is 27.9. The van der Waals surface area contributed by atoms with Crippen LogP contribution in [-0.2, 0) is 33.2 Å². The number of nitrogens with one attached hydrogen (secondary N) is 1. The van der Waals surface area contributed by atoms with E-state index in [0.29, 0.717) is 65.6 Å². The van der Waals surface area contributed by atoms with Crippen LogP contribution in [0, 0.1) is 0 Å². The lowest BCUT2D eigenvalue weighted by atomic mass is 10.2. The third kappa shape index (κ3) is 26.9. The van der Waals surface area contributed by atoms with Crippen molar-refractivity contribution in [2.24, 2.45) is 0 Å². The molecule has 0 aliphatic rings. The fourth-order valence-electron chi connectivity index (χ4n) is 2.53. The van der Waals surface area contributed by atoms with Crippen LogP contribution in [0.25, 0.3) is 0 Å². The SMILES string of the molecule is CC/C=C\COC(=O)CCCOCCOCCOC(=O)NCCOCCOCCCCCCCl. The molecule has 1 N–H and O–H groups in total. The lowest BCUT2D eigenvalue weighted by Crippen LogP contribution is -2.29. The van der Waals surface area contributed by atoms with Crippen LogP contribution in [0.4, 0.5) is 4.79 Å². The number of allylic oxidation sites excluding steroid dienone is 1. The van der Waals surface area contributed by atoms with E-state index in [1.54, 1.807) is 0 Å². The summed E-state index contributed by atoms with van der Waals surface area (Å²) >= 11 is 5.62. The topological polar surface area (TPSA) is 102 Å². The van der Waals surface area contributed by atoms with Gasteiger partial charge < -0.3 is 33.7 Å². The van der Waals surface area contributed by atoms with Crippen LogP contribution in [0.3, 0.4) is 0 Å². The fraction of sp³-hybridized carbons (Fsp3) is 0.833. The first-order valence-electron chi connectivity index (χ1n) is 12.3. The van der Waals surface area contributed by atoms with Gasteiger partial charge >= 0.3 is 12.1 Å². The van der Waals surface area contributed by atoms with Gasteiger partial charge in [-0.2, -0.15) is 0 Å². The number of alkyl carbamates (subject to hydrolysis) is 1. The molecule has 10 heteroatoms. The number of carbonyl (C=O) groups is 2. The van der Waals surface area contributed by atoms with E-state index in [1.807, 2.05) is 19.1 Å². The molecule has 0 saturated carbocycles. The van der Waals surface area contributed by atoms with E-state index < -0.39 is 6.09 Å². The standard InChI is InChI=1S/C24H44ClNO8/c1-2-3-7-15-33-23(27)10-9-14-30-18-20-32-21-22-34-24(28)26-12-16-31-19-17-29-13-8-5-4-6-11-25/h3,7H,2,4-6,8-22H2,1H3,(H,26,28)/b7-3-. The van der Waals surface area contributed by atoms with Gasteiger partial charge in [0.25, 0.3) is 0 Å². The monoisotopic (exact) mass is 509 g/mol. The minimum atomic E-state index is -0.506. The van der Waals surface area contributed by atoms with E-state index in [-0.39, 0.29) is 19.2 Å². The summed E-state index contributed by atoms with van der Waals surface area (Å²) < 4.78 is 31.6. The Hall–Kier alpha value is -1.39. The van der Waals surface area contributed by atoms with Gasteiger partial charge in [0.1, 0.15) is 13.2 Å². The van der Waals surface area contributed by atoms with Gasteiger partial charge in [-0.1, -0.05) is 31.9 Å². The van der Waals surface area contributed by atoms with Crippen molar-refractivity contribution in [2.75, 3.05) is 78.5 Å². The third-order valence-corrected chi connectivity index (χ3v) is 4.57. The number of esters is 1. The van der Waals surface area contributed by atoms with Crippen LogP contribution < -0.4 is 5.32 Å². The van der Waals surface area contributed by atoms with Crippen LogP contribution in [0.5, 0.6) is 0 Å². The van der Waals surface area contributed by atoms with E-state index in [4.69, 9.17) is 40.0 Å². The minimum absolute atomic E-state index is 0.156. The molecule has 9 nitrogen and oxygen atoms in total. The van der Waals surface area contributed by atoms with E-state index in [1.165, 1.54) is 0 Å². The number of unbranched alkanes of at least 4 members (excludes halogenated alkanes) is 3. The van der Waals surface area contributed by atoms with Crippen LogP contribution in [0.2, 0.25) is 0 Å². The second-order valence-electron chi connectivity index (χ2n) is 7.28. The van der Waals surface area contributed by atoms with Gasteiger partial charge in [-0.25, -0.2) is 4.79 Å². The zero-order valence-electron chi connectivity index (χ0n) is 20.7. The normalized spacial score (nSPS) is 11.1. The number of amides is 1. The number of hydrogen-bond donors (Lipinski definition) is 1. The molecule has 0 atom stereocenters. The molecule has 0 bridgehead atoms. The predicted molar refractivity (Wildman–Crippen MR) is 131 cm³/mol. The maximum atomic E-state index is 11.5. The molecule has 0 unspecified atom stereocenters. The van der Waals surface area contributed by atoms with Gasteiger partial charge in [0.2, 0.25) is 0 Å². The molecule has 34 heavy (non-hydrogen) atoms. The fourth-order valence-corrected chi connectivity index (χ4v) is 2.72. The number of hydrogen-bond acceptors (Lipinski definition) is 8. The summed E-state index contributed by atoms with van der Waals surface area (Å²) in [7, 11) is 0. The Morgan fingerprint density at radius 1 is 0.706 bits per heavy atom. The Morgan fingerprint density at radius 2 is 1.32 bits per heavy atom. The first-order chi connectivity index (χ1) is 16.7. The lowest BCUT2D eigenvalue weighted by molar-refractivity contribution is -0.142. The molecular weight excluding hydrogens is 466 g/mol. The average molecular weight is 510 g/mol. The number of alkyl halides is 1. The minimum Gasteiger partial charge on any atom is -0.461 e. The smallest absolute Gasteiger partial charge is 0.407 e. The molecule has 0 saturated heterocycles. The van der Waals surface area contributed by atoms with Crippen molar-refractivity contribution in [1.29, 1.82) is 0 Å². The van der Waals surface area contributed by atoms with E-state index in [2.05, 4.69) is 5.32 Å². The van der Waals surface area contributed by atoms with Gasteiger partial charge in [-0.3, -0.25) is 4.79 Å². The summed E-state index contributed by atoms with van der Waals surface area (Å²) in [5.41, 5.74) is 0. The summed E-state index contributed by atoms with van der Waals surface area (Å²) in [6, 6.07) is 0. The van der Waals surface area contributed by atoms with Crippen molar-refractivity contribution in [3.8, 4) is 0 Å². The van der Waals surface area contributed by atoms with Crippen LogP contribution in [-0.4, -0.2) is 90.6 Å². The van der Waals surface area contributed by atoms with Crippen molar-refractivity contribution in [3.05, 3.63) is 12.2 Å². The Morgan fingerprint density at radius 3 is 2.03 bits per heavy atom. The number of ether oxygens (including phenoxy) is 6. The second-order valence-corrected chi connectivity index (χ2v) is 7.66. The molecule has 0 rings (SSSR count). The summed E-state index contributed by atoms with van der Waals surface area (Å²) in [6.07, 6.45) is 9.52. The summed E-state index contributed by atoms with van der Waals surface area (Å²) in [5.74, 6) is 0.497. The van der Waals surface area contributed by atoms with Gasteiger partial charge in [0, 0.05) is 32.1 Å². The van der Waals surface area contributed by atoms with E-state index in [0.717, 1.165) is 44.6 Å². The molecule has 0 heterocycles. The van der Waals surface area contributed by atoms with Crippen LogP contribution in [0.1, 0.15) is 51.9 Å². The summed E-state index contributed by atoms with van der Waals surface area (Å²) in [4.78, 5) is 23.0. The molecule has 200 valence electrons. The van der Waals surface area contributed by atoms with Crippen molar-refractivity contribution in [1.82, 2.24) is 5.32 Å². The number of rotatable bonds is 25.